The van der Waals surface area contributed by atoms with Gasteiger partial charge in [-0.1, -0.05) is 46.9 Å². The minimum absolute atomic E-state index is 0.278. The Kier molecular flexibility index (Phi) is 6.32. The van der Waals surface area contributed by atoms with E-state index in [-0.39, 0.29) is 12.6 Å². The summed E-state index contributed by atoms with van der Waals surface area (Å²) < 4.78 is 7.58. The van der Waals surface area contributed by atoms with E-state index in [2.05, 4.69) is 29.9 Å². The molecule has 0 radical (unpaired) electrons. The maximum Gasteiger partial charge on any atom is 0.321 e. The van der Waals surface area contributed by atoms with Gasteiger partial charge in [0.15, 0.2) is 9.60 Å². The van der Waals surface area contributed by atoms with E-state index in [4.69, 9.17) is 4.74 Å². The number of aromatic amines is 2. The van der Waals surface area contributed by atoms with Crippen LogP contribution in [0, 0.1) is 0 Å². The van der Waals surface area contributed by atoms with Gasteiger partial charge in [0.2, 0.25) is 10.3 Å². The van der Waals surface area contributed by atoms with Crippen molar-refractivity contribution in [1.82, 2.24) is 19.9 Å². The number of fused-ring (bicyclic) bond motifs is 2. The van der Waals surface area contributed by atoms with Crippen molar-refractivity contribution < 1.29 is 9.53 Å². The summed E-state index contributed by atoms with van der Waals surface area (Å²) in [6, 6.07) is 16.0. The molecule has 0 aliphatic heterocycles. The molecule has 2 aromatic carbocycles. The largest absolute Gasteiger partial charge is 0.465 e. The van der Waals surface area contributed by atoms with Gasteiger partial charge in [-0.2, -0.15) is 9.98 Å². The topological polar surface area (TPSA) is 108 Å². The van der Waals surface area contributed by atoms with Crippen LogP contribution < -0.4 is 9.60 Å². The van der Waals surface area contributed by atoms with E-state index >= 15 is 0 Å². The van der Waals surface area contributed by atoms with Gasteiger partial charge in [-0.15, -0.1) is 22.7 Å². The third-order valence-corrected chi connectivity index (χ3v) is 8.63. The normalized spacial score (nSPS) is 13.6. The van der Waals surface area contributed by atoms with Crippen LogP contribution in [0.2, 0.25) is 0 Å². The number of ether oxygens (including phenoxy) is 1. The highest BCUT2D eigenvalue weighted by atomic mass is 32.1. The molecule has 0 saturated heterocycles. The number of aromatic nitrogens is 4. The molecule has 180 valence electrons. The van der Waals surface area contributed by atoms with E-state index < -0.39 is 5.92 Å². The number of carbonyl (C=O) groups excluding carboxylic acids is 1. The van der Waals surface area contributed by atoms with Crippen molar-refractivity contribution in [2.75, 3.05) is 6.61 Å². The van der Waals surface area contributed by atoms with Gasteiger partial charge in [-0.25, -0.2) is 9.97 Å². The molecule has 2 N–H and O–H groups in total. The van der Waals surface area contributed by atoms with Gasteiger partial charge in [0.1, 0.15) is 5.92 Å². The summed E-state index contributed by atoms with van der Waals surface area (Å²) in [4.78, 5) is 39.5. The predicted molar refractivity (Wildman–Crippen MR) is 146 cm³/mol. The van der Waals surface area contributed by atoms with Gasteiger partial charge in [0, 0.05) is 16.5 Å². The third kappa shape index (κ3) is 4.67. The number of benzene rings is 2. The van der Waals surface area contributed by atoms with Crippen molar-refractivity contribution in [3.8, 4) is 0 Å². The fraction of sp³-hybridized carbons (Fsp3) is 0.125. The summed E-state index contributed by atoms with van der Waals surface area (Å²) in [5.74, 6) is -1.07. The zero-order valence-corrected chi connectivity index (χ0v) is 22.1. The second-order valence-corrected chi connectivity index (χ2v) is 11.3. The van der Waals surface area contributed by atoms with Gasteiger partial charge in [0.05, 0.1) is 32.7 Å². The summed E-state index contributed by atoms with van der Waals surface area (Å²) in [7, 11) is 0. The lowest BCUT2D eigenvalue weighted by Crippen LogP contribution is -2.19. The smallest absolute Gasteiger partial charge is 0.321 e. The van der Waals surface area contributed by atoms with E-state index in [1.54, 1.807) is 18.3 Å². The Morgan fingerprint density at radius 2 is 1.72 bits per heavy atom. The molecule has 0 bridgehead atoms. The zero-order chi connectivity index (χ0) is 24.5. The highest BCUT2D eigenvalue weighted by Gasteiger charge is 2.28. The van der Waals surface area contributed by atoms with Crippen LogP contribution >= 0.6 is 45.3 Å². The number of para-hydroxylation sites is 2. The quantitative estimate of drug-likeness (QED) is 0.254. The highest BCUT2D eigenvalue weighted by Crippen LogP contribution is 2.30. The van der Waals surface area contributed by atoms with Crippen LogP contribution in [-0.4, -0.2) is 32.5 Å². The van der Waals surface area contributed by atoms with Gasteiger partial charge in [0.25, 0.3) is 0 Å². The van der Waals surface area contributed by atoms with Crippen LogP contribution in [0.3, 0.4) is 0 Å². The molecule has 6 aromatic rings. The molecule has 4 heterocycles. The molecular weight excluding hydrogens is 533 g/mol. The molecule has 4 aromatic heterocycles. The van der Waals surface area contributed by atoms with Gasteiger partial charge >= 0.3 is 5.97 Å². The molecule has 0 spiro atoms. The van der Waals surface area contributed by atoms with Crippen LogP contribution in [-0.2, 0) is 9.53 Å². The molecule has 36 heavy (non-hydrogen) atoms. The van der Waals surface area contributed by atoms with Crippen LogP contribution in [0.5, 0.6) is 0 Å². The molecule has 1 atom stereocenters. The van der Waals surface area contributed by atoms with Crippen molar-refractivity contribution >= 4 is 82.0 Å². The summed E-state index contributed by atoms with van der Waals surface area (Å²) >= 11 is 5.87. The summed E-state index contributed by atoms with van der Waals surface area (Å²) in [6.07, 6.45) is 0. The molecule has 1 unspecified atom stereocenters. The average Bonchev–Trinajstić information content (AvgIpc) is 3.66. The van der Waals surface area contributed by atoms with Crippen LogP contribution in [0.4, 0.5) is 10.3 Å². The standard InChI is InChI=1S/C24H18N6O2S4/c1-2-32-20(31)19(15-11-33-21(27-15)29-23-25-13-7-3-5-9-17(13)35-23)16-12-34-22(28-16)30-24-26-14-8-4-6-10-18(14)36-24/h3-12,19H,2H2,1H3,(H,25,27,29)(H,26,28,30). The molecule has 0 fully saturated rings. The van der Waals surface area contributed by atoms with E-state index in [0.717, 1.165) is 25.2 Å². The number of esters is 1. The third-order valence-electron chi connectivity index (χ3n) is 5.20. The molecular formula is C24H18N6O2S4. The second-order valence-electron chi connectivity index (χ2n) is 7.58. The van der Waals surface area contributed by atoms with Crippen molar-refractivity contribution in [3.05, 3.63) is 80.3 Å². The first-order chi connectivity index (χ1) is 17.7. The molecule has 0 aliphatic carbocycles. The van der Waals surface area contributed by atoms with E-state index in [1.807, 2.05) is 59.3 Å². The molecule has 6 rings (SSSR count). The Morgan fingerprint density at radius 3 is 2.56 bits per heavy atom. The van der Waals surface area contributed by atoms with Crippen LogP contribution in [0.25, 0.3) is 20.4 Å². The first-order valence-electron chi connectivity index (χ1n) is 11.0. The lowest BCUT2D eigenvalue weighted by Gasteiger charge is -2.11. The SMILES string of the molecule is CCOC(=O)C(c1csc(/N=c2\[nH]c3ccccc3s2)n1)c1cs/c(=N/c2nc3ccccc3s2)[nH]1. The predicted octanol–water partition coefficient (Wildman–Crippen LogP) is 5.85. The van der Waals surface area contributed by atoms with Crippen LogP contribution in [0.1, 0.15) is 24.2 Å². The number of thiazole rings is 4. The van der Waals surface area contributed by atoms with Crippen molar-refractivity contribution in [2.24, 2.45) is 9.98 Å². The maximum absolute atomic E-state index is 13.0. The Hall–Kier alpha value is -3.45. The summed E-state index contributed by atoms with van der Waals surface area (Å²) in [5, 5.41) is 4.95. The van der Waals surface area contributed by atoms with E-state index in [9.17, 15) is 4.79 Å². The molecule has 0 saturated carbocycles. The second kappa shape index (κ2) is 9.90. The van der Waals surface area contributed by atoms with Gasteiger partial charge in [-0.05, 0) is 31.2 Å². The first kappa shape index (κ1) is 23.0. The number of nitrogens with zero attached hydrogens (tertiary/aromatic N) is 4. The minimum atomic E-state index is -0.702. The number of nitrogens with one attached hydrogen (secondary N) is 2. The molecule has 0 aliphatic rings. The lowest BCUT2D eigenvalue weighted by molar-refractivity contribution is -0.144. The number of hydrogen-bond acceptors (Lipinski definition) is 10. The number of rotatable bonds is 6. The molecule has 8 nitrogen and oxygen atoms in total. The Labute approximate surface area is 220 Å². The van der Waals surface area contributed by atoms with Crippen molar-refractivity contribution in [1.29, 1.82) is 0 Å². The van der Waals surface area contributed by atoms with Gasteiger partial charge in [-0.3, -0.25) is 4.79 Å². The number of hydrogen-bond donors (Lipinski definition) is 2. The summed E-state index contributed by atoms with van der Waals surface area (Å²) in [6.45, 7) is 2.07. The first-order valence-corrected chi connectivity index (χ1v) is 14.4. The fourth-order valence-corrected chi connectivity index (χ4v) is 6.93. The highest BCUT2D eigenvalue weighted by molar-refractivity contribution is 7.22. The lowest BCUT2D eigenvalue weighted by atomic mass is 10.0. The van der Waals surface area contributed by atoms with Crippen molar-refractivity contribution in [2.45, 2.75) is 12.8 Å². The fourth-order valence-electron chi connectivity index (χ4n) is 3.63. The number of carbonyl (C=O) groups is 1. The Balaban J connectivity index is 1.34. The zero-order valence-electron chi connectivity index (χ0n) is 18.8. The van der Waals surface area contributed by atoms with E-state index in [0.29, 0.717) is 26.5 Å². The maximum atomic E-state index is 13.0. The average molecular weight is 551 g/mol. The Morgan fingerprint density at radius 1 is 0.917 bits per heavy atom. The van der Waals surface area contributed by atoms with Gasteiger partial charge < -0.3 is 14.7 Å². The summed E-state index contributed by atoms with van der Waals surface area (Å²) in [5.41, 5.74) is 3.19. The van der Waals surface area contributed by atoms with Crippen molar-refractivity contribution in [3.63, 3.8) is 0 Å². The minimum Gasteiger partial charge on any atom is -0.465 e. The molecule has 0 amide bonds. The molecule has 12 heteroatoms. The monoisotopic (exact) mass is 550 g/mol. The van der Waals surface area contributed by atoms with Crippen LogP contribution in [0.15, 0.2) is 69.3 Å². The van der Waals surface area contributed by atoms with E-state index in [1.165, 1.54) is 34.0 Å². The number of H-pyrrole nitrogens is 2. The Bertz CT molecular complexity index is 1750.